The highest BCUT2D eigenvalue weighted by Crippen LogP contribution is 2.38. The van der Waals surface area contributed by atoms with Gasteiger partial charge in [0.1, 0.15) is 10.6 Å². The van der Waals surface area contributed by atoms with Crippen molar-refractivity contribution in [3.05, 3.63) is 49.3 Å². The zero-order chi connectivity index (χ0) is 15.9. The summed E-state index contributed by atoms with van der Waals surface area (Å²) in [7, 11) is 0. The molecule has 0 saturated heterocycles. The molecule has 0 spiro atoms. The Kier molecular flexibility index (Phi) is 3.62. The molecule has 1 aromatic heterocycles. The second-order valence-corrected chi connectivity index (χ2v) is 4.31. The van der Waals surface area contributed by atoms with Gasteiger partial charge < -0.3 is 4.42 Å². The normalized spacial score (nSPS) is 12.1. The number of hydrogen-bond acceptors (Lipinski definition) is 4. The molecule has 2 rings (SSSR count). The van der Waals surface area contributed by atoms with Crippen LogP contribution in [0.5, 0.6) is 0 Å². The van der Waals surface area contributed by atoms with E-state index in [9.17, 15) is 32.5 Å². The van der Waals surface area contributed by atoms with Gasteiger partial charge in [0.05, 0.1) is 10.3 Å². The SMILES string of the molecule is O=c1c(Cl)c(C(F)(F)C(F)F)oc2ccc([N+](=O)[O-])cc12. The first-order valence-electron chi connectivity index (χ1n) is 5.23. The lowest BCUT2D eigenvalue weighted by Gasteiger charge is -2.15. The van der Waals surface area contributed by atoms with E-state index < -0.39 is 50.1 Å². The fourth-order valence-corrected chi connectivity index (χ4v) is 1.85. The highest BCUT2D eigenvalue weighted by Gasteiger charge is 2.48. The van der Waals surface area contributed by atoms with Crippen LogP contribution >= 0.6 is 11.6 Å². The van der Waals surface area contributed by atoms with E-state index in [0.717, 1.165) is 18.2 Å². The second kappa shape index (κ2) is 4.99. The van der Waals surface area contributed by atoms with Crippen LogP contribution in [0.2, 0.25) is 5.02 Å². The number of alkyl halides is 4. The summed E-state index contributed by atoms with van der Waals surface area (Å²) in [6.07, 6.45) is -4.13. The van der Waals surface area contributed by atoms with Crippen LogP contribution in [0.25, 0.3) is 11.0 Å². The van der Waals surface area contributed by atoms with Crippen LogP contribution in [0.4, 0.5) is 23.2 Å². The molecular formula is C11H4ClF4NO4. The summed E-state index contributed by atoms with van der Waals surface area (Å²) < 4.78 is 55.7. The predicted octanol–water partition coefficient (Wildman–Crippen LogP) is 3.71. The Morgan fingerprint density at radius 2 is 1.95 bits per heavy atom. The van der Waals surface area contributed by atoms with Gasteiger partial charge in [0.25, 0.3) is 5.69 Å². The standard InChI is InChI=1S/C11H4ClF4NO4/c12-7-8(18)5-3-4(17(19)20)1-2-6(5)21-9(7)11(15,16)10(13)14/h1-3,10H. The third-order valence-corrected chi connectivity index (χ3v) is 2.95. The predicted molar refractivity (Wildman–Crippen MR) is 64.0 cm³/mol. The summed E-state index contributed by atoms with van der Waals surface area (Å²) >= 11 is 5.34. The molecule has 0 fully saturated rings. The second-order valence-electron chi connectivity index (χ2n) is 3.94. The quantitative estimate of drug-likeness (QED) is 0.490. The van der Waals surface area contributed by atoms with E-state index in [0.29, 0.717) is 0 Å². The number of benzene rings is 1. The lowest BCUT2D eigenvalue weighted by atomic mass is 10.1. The summed E-state index contributed by atoms with van der Waals surface area (Å²) in [5.41, 5.74) is -2.26. The molecule has 1 heterocycles. The van der Waals surface area contributed by atoms with Crippen LogP contribution in [0, 0.1) is 10.1 Å². The van der Waals surface area contributed by atoms with Crippen molar-refractivity contribution in [1.29, 1.82) is 0 Å². The molecule has 0 amide bonds. The number of nitro benzene ring substituents is 1. The van der Waals surface area contributed by atoms with Gasteiger partial charge in [-0.15, -0.1) is 0 Å². The zero-order valence-electron chi connectivity index (χ0n) is 9.78. The maximum Gasteiger partial charge on any atom is 0.365 e. The zero-order valence-corrected chi connectivity index (χ0v) is 10.5. The van der Waals surface area contributed by atoms with Crippen molar-refractivity contribution in [2.45, 2.75) is 12.3 Å². The van der Waals surface area contributed by atoms with Crippen molar-refractivity contribution in [1.82, 2.24) is 0 Å². The van der Waals surface area contributed by atoms with Crippen LogP contribution in [-0.4, -0.2) is 11.3 Å². The molecule has 0 atom stereocenters. The van der Waals surface area contributed by atoms with Crippen molar-refractivity contribution < 1.29 is 26.9 Å². The van der Waals surface area contributed by atoms with E-state index in [1.54, 1.807) is 0 Å². The minimum Gasteiger partial charge on any atom is -0.453 e. The molecule has 0 radical (unpaired) electrons. The van der Waals surface area contributed by atoms with Gasteiger partial charge in [-0.3, -0.25) is 14.9 Å². The molecule has 10 heteroatoms. The number of rotatable bonds is 3. The highest BCUT2D eigenvalue weighted by atomic mass is 35.5. The summed E-state index contributed by atoms with van der Waals surface area (Å²) in [5, 5.41) is 8.88. The van der Waals surface area contributed by atoms with E-state index in [-0.39, 0.29) is 0 Å². The molecule has 0 saturated carbocycles. The molecule has 0 bridgehead atoms. The van der Waals surface area contributed by atoms with Crippen LogP contribution in [-0.2, 0) is 5.92 Å². The molecule has 2 aromatic rings. The van der Waals surface area contributed by atoms with Crippen LogP contribution in [0.3, 0.4) is 0 Å². The van der Waals surface area contributed by atoms with E-state index in [4.69, 9.17) is 11.6 Å². The minimum absolute atomic E-state index is 0.456. The molecule has 0 aliphatic heterocycles. The molecule has 21 heavy (non-hydrogen) atoms. The third kappa shape index (κ3) is 2.44. The van der Waals surface area contributed by atoms with Gasteiger partial charge in [-0.05, 0) is 6.07 Å². The monoisotopic (exact) mass is 325 g/mol. The lowest BCUT2D eigenvalue weighted by molar-refractivity contribution is -0.384. The van der Waals surface area contributed by atoms with E-state index >= 15 is 0 Å². The first kappa shape index (κ1) is 15.2. The number of non-ortho nitro benzene ring substituents is 1. The van der Waals surface area contributed by atoms with E-state index in [1.165, 1.54) is 0 Å². The largest absolute Gasteiger partial charge is 0.453 e. The molecule has 0 aliphatic rings. The lowest BCUT2D eigenvalue weighted by Crippen LogP contribution is -2.26. The molecule has 1 aromatic carbocycles. The maximum absolute atomic E-state index is 13.3. The topological polar surface area (TPSA) is 73.3 Å². The molecule has 0 aliphatic carbocycles. The fourth-order valence-electron chi connectivity index (χ4n) is 1.59. The minimum atomic E-state index is -4.76. The van der Waals surface area contributed by atoms with Gasteiger partial charge in [0.15, 0.2) is 0 Å². The maximum atomic E-state index is 13.3. The number of fused-ring (bicyclic) bond motifs is 1. The van der Waals surface area contributed by atoms with Crippen molar-refractivity contribution in [2.75, 3.05) is 0 Å². The van der Waals surface area contributed by atoms with Gasteiger partial charge in [-0.1, -0.05) is 11.6 Å². The van der Waals surface area contributed by atoms with E-state index in [2.05, 4.69) is 4.42 Å². The van der Waals surface area contributed by atoms with Gasteiger partial charge in [0.2, 0.25) is 11.2 Å². The van der Waals surface area contributed by atoms with Crippen molar-refractivity contribution in [2.24, 2.45) is 0 Å². The summed E-state index contributed by atoms with van der Waals surface area (Å²) in [6, 6.07) is 2.50. The average Bonchev–Trinajstić information content (AvgIpc) is 2.41. The van der Waals surface area contributed by atoms with E-state index in [1.807, 2.05) is 0 Å². The van der Waals surface area contributed by atoms with Gasteiger partial charge >= 0.3 is 12.3 Å². The summed E-state index contributed by atoms with van der Waals surface area (Å²) in [5.74, 6) is -6.43. The highest BCUT2D eigenvalue weighted by molar-refractivity contribution is 6.31. The van der Waals surface area contributed by atoms with Crippen molar-refractivity contribution in [3.63, 3.8) is 0 Å². The van der Waals surface area contributed by atoms with Crippen molar-refractivity contribution in [3.8, 4) is 0 Å². The number of nitrogens with zero attached hydrogens (tertiary/aromatic N) is 1. The molecule has 112 valence electrons. The first-order valence-corrected chi connectivity index (χ1v) is 5.61. The summed E-state index contributed by atoms with van der Waals surface area (Å²) in [6.45, 7) is 0. The number of halogens is 5. The number of hydrogen-bond donors (Lipinski definition) is 0. The number of nitro groups is 1. The molecular weight excluding hydrogens is 322 g/mol. The Hall–Kier alpha value is -2.16. The Labute approximate surface area is 117 Å². The van der Waals surface area contributed by atoms with Crippen LogP contribution < -0.4 is 5.43 Å². The Morgan fingerprint density at radius 3 is 2.48 bits per heavy atom. The Morgan fingerprint density at radius 1 is 1.33 bits per heavy atom. The summed E-state index contributed by atoms with van der Waals surface area (Å²) in [4.78, 5) is 21.6. The van der Waals surface area contributed by atoms with Gasteiger partial charge in [0, 0.05) is 12.1 Å². The van der Waals surface area contributed by atoms with Gasteiger partial charge in [-0.25, -0.2) is 8.78 Å². The molecule has 0 N–H and O–H groups in total. The fraction of sp³-hybridized carbons (Fsp3) is 0.182. The Balaban J connectivity index is 2.80. The van der Waals surface area contributed by atoms with Crippen molar-refractivity contribution >= 4 is 28.3 Å². The molecule has 5 nitrogen and oxygen atoms in total. The average molecular weight is 326 g/mol. The molecule has 0 unspecified atom stereocenters. The third-order valence-electron chi connectivity index (χ3n) is 2.61. The van der Waals surface area contributed by atoms with Gasteiger partial charge in [-0.2, -0.15) is 8.78 Å². The van der Waals surface area contributed by atoms with Crippen LogP contribution in [0.15, 0.2) is 27.4 Å². The first-order chi connectivity index (χ1) is 9.66. The smallest absolute Gasteiger partial charge is 0.365 e. The van der Waals surface area contributed by atoms with Crippen LogP contribution in [0.1, 0.15) is 5.76 Å². The Bertz CT molecular complexity index is 790.